The lowest BCUT2D eigenvalue weighted by Crippen LogP contribution is -2.41. The molecule has 1 aromatic carbocycles. The number of aryl methyl sites for hydroxylation is 2. The molecule has 0 aliphatic heterocycles. The quantitative estimate of drug-likeness (QED) is 0.812. The van der Waals surface area contributed by atoms with Crippen LogP contribution in [0.2, 0.25) is 0 Å². The van der Waals surface area contributed by atoms with Crippen LogP contribution in [0.5, 0.6) is 0 Å². The first-order chi connectivity index (χ1) is 9.99. The molecule has 2 rings (SSSR count). The van der Waals surface area contributed by atoms with Crippen LogP contribution in [0.1, 0.15) is 56.7 Å². The fourth-order valence-corrected chi connectivity index (χ4v) is 4.06. The highest BCUT2D eigenvalue weighted by Gasteiger charge is 2.29. The van der Waals surface area contributed by atoms with E-state index in [-0.39, 0.29) is 0 Å². The molecule has 1 heteroatoms. The van der Waals surface area contributed by atoms with Gasteiger partial charge in [-0.15, -0.1) is 0 Å². The van der Waals surface area contributed by atoms with Crippen molar-refractivity contribution in [3.05, 3.63) is 34.9 Å². The third-order valence-corrected chi connectivity index (χ3v) is 5.41. The molecule has 1 aliphatic carbocycles. The van der Waals surface area contributed by atoms with Crippen molar-refractivity contribution in [3.8, 4) is 0 Å². The summed E-state index contributed by atoms with van der Waals surface area (Å²) in [6, 6.07) is 7.65. The minimum Gasteiger partial charge on any atom is -0.314 e. The Kier molecular flexibility index (Phi) is 5.87. The van der Waals surface area contributed by atoms with E-state index in [2.05, 4.69) is 58.1 Å². The van der Waals surface area contributed by atoms with E-state index in [9.17, 15) is 0 Å². The van der Waals surface area contributed by atoms with E-state index < -0.39 is 0 Å². The van der Waals surface area contributed by atoms with Crippen molar-refractivity contribution in [1.29, 1.82) is 0 Å². The zero-order valence-electron chi connectivity index (χ0n) is 14.6. The summed E-state index contributed by atoms with van der Waals surface area (Å²) >= 11 is 0. The molecule has 1 nitrogen and oxygen atoms in total. The van der Waals surface area contributed by atoms with E-state index in [0.29, 0.717) is 6.04 Å². The third-order valence-electron chi connectivity index (χ3n) is 5.41. The van der Waals surface area contributed by atoms with Gasteiger partial charge in [-0.05, 0) is 63.0 Å². The maximum Gasteiger partial charge on any atom is 0.0136 e. The highest BCUT2D eigenvalue weighted by molar-refractivity contribution is 5.29. The largest absolute Gasteiger partial charge is 0.314 e. The van der Waals surface area contributed by atoms with E-state index in [4.69, 9.17) is 0 Å². The SMILES string of the molecule is CCNC(Cc1cc(C)cc(C)c1)C1CCC(C)C(C)C1. The van der Waals surface area contributed by atoms with E-state index in [1.54, 1.807) is 0 Å². The van der Waals surface area contributed by atoms with Crippen molar-refractivity contribution in [3.63, 3.8) is 0 Å². The molecule has 0 aromatic heterocycles. The monoisotopic (exact) mass is 287 g/mol. The molecule has 0 radical (unpaired) electrons. The second kappa shape index (κ2) is 7.45. The Hall–Kier alpha value is -0.820. The minimum atomic E-state index is 0.645. The van der Waals surface area contributed by atoms with Crippen molar-refractivity contribution in [2.75, 3.05) is 6.54 Å². The summed E-state index contributed by atoms with van der Waals surface area (Å²) in [6.45, 7) is 12.6. The molecule has 0 amide bonds. The van der Waals surface area contributed by atoms with Crippen molar-refractivity contribution in [1.82, 2.24) is 5.32 Å². The van der Waals surface area contributed by atoms with Crippen molar-refractivity contribution in [2.24, 2.45) is 17.8 Å². The Morgan fingerprint density at radius 1 is 1.05 bits per heavy atom. The van der Waals surface area contributed by atoms with Crippen LogP contribution in [0.3, 0.4) is 0 Å². The summed E-state index contributed by atoms with van der Waals surface area (Å²) in [4.78, 5) is 0. The van der Waals surface area contributed by atoms with Crippen LogP contribution >= 0.6 is 0 Å². The Morgan fingerprint density at radius 3 is 2.29 bits per heavy atom. The molecule has 1 N–H and O–H groups in total. The molecule has 0 bridgehead atoms. The molecule has 0 spiro atoms. The zero-order chi connectivity index (χ0) is 15.4. The van der Waals surface area contributed by atoms with Crippen LogP contribution in [0, 0.1) is 31.6 Å². The van der Waals surface area contributed by atoms with Gasteiger partial charge in [0.05, 0.1) is 0 Å². The summed E-state index contributed by atoms with van der Waals surface area (Å²) < 4.78 is 0. The van der Waals surface area contributed by atoms with Gasteiger partial charge in [0.15, 0.2) is 0 Å². The highest BCUT2D eigenvalue weighted by Crippen LogP contribution is 2.35. The van der Waals surface area contributed by atoms with Gasteiger partial charge in [0, 0.05) is 6.04 Å². The molecule has 1 aliphatic rings. The van der Waals surface area contributed by atoms with Gasteiger partial charge >= 0.3 is 0 Å². The molecule has 1 fully saturated rings. The van der Waals surface area contributed by atoms with Gasteiger partial charge in [-0.3, -0.25) is 0 Å². The fourth-order valence-electron chi connectivity index (χ4n) is 4.06. The number of rotatable bonds is 5. The standard InChI is InChI=1S/C20H33N/c1-6-21-20(19-8-7-16(4)17(5)12-19)13-18-10-14(2)9-15(3)11-18/h9-11,16-17,19-21H,6-8,12-13H2,1-5H3. The number of hydrogen-bond donors (Lipinski definition) is 1. The van der Waals surface area contributed by atoms with Gasteiger partial charge in [0.25, 0.3) is 0 Å². The Morgan fingerprint density at radius 2 is 1.71 bits per heavy atom. The summed E-state index contributed by atoms with van der Waals surface area (Å²) in [7, 11) is 0. The molecule has 1 aromatic rings. The zero-order valence-corrected chi connectivity index (χ0v) is 14.6. The Balaban J connectivity index is 2.08. The lowest BCUT2D eigenvalue weighted by molar-refractivity contribution is 0.171. The first-order valence-electron chi connectivity index (χ1n) is 8.80. The molecule has 4 unspecified atom stereocenters. The van der Waals surface area contributed by atoms with E-state index in [0.717, 1.165) is 24.3 Å². The molecule has 0 heterocycles. The van der Waals surface area contributed by atoms with Gasteiger partial charge < -0.3 is 5.32 Å². The van der Waals surface area contributed by atoms with Gasteiger partial charge in [0.1, 0.15) is 0 Å². The van der Waals surface area contributed by atoms with E-state index in [1.807, 2.05) is 0 Å². The van der Waals surface area contributed by atoms with Crippen LogP contribution in [0.15, 0.2) is 18.2 Å². The van der Waals surface area contributed by atoms with Crippen molar-refractivity contribution in [2.45, 2.75) is 66.3 Å². The molecular weight excluding hydrogens is 254 g/mol. The molecule has 118 valence electrons. The average molecular weight is 287 g/mol. The van der Waals surface area contributed by atoms with Gasteiger partial charge in [-0.2, -0.15) is 0 Å². The second-order valence-corrected chi connectivity index (χ2v) is 7.39. The van der Waals surface area contributed by atoms with Crippen molar-refractivity contribution >= 4 is 0 Å². The Bertz CT molecular complexity index is 431. The van der Waals surface area contributed by atoms with E-state index in [1.165, 1.54) is 42.4 Å². The predicted octanol–water partition coefficient (Wildman–Crippen LogP) is 4.90. The average Bonchev–Trinajstić information content (AvgIpc) is 2.40. The maximum atomic E-state index is 3.78. The molecule has 4 atom stereocenters. The first-order valence-corrected chi connectivity index (χ1v) is 8.80. The maximum absolute atomic E-state index is 3.78. The first kappa shape index (κ1) is 16.5. The molecular formula is C20H33N. The molecule has 1 saturated carbocycles. The van der Waals surface area contributed by atoms with Crippen LogP contribution in [-0.2, 0) is 6.42 Å². The second-order valence-electron chi connectivity index (χ2n) is 7.39. The number of likely N-dealkylation sites (N-methyl/N-ethyl adjacent to an activating group) is 1. The van der Waals surface area contributed by atoms with Gasteiger partial charge in [-0.1, -0.05) is 56.5 Å². The Labute approximate surface area is 131 Å². The van der Waals surface area contributed by atoms with Crippen molar-refractivity contribution < 1.29 is 0 Å². The molecule has 0 saturated heterocycles. The number of benzene rings is 1. The third kappa shape index (κ3) is 4.57. The summed E-state index contributed by atoms with van der Waals surface area (Å²) in [5.41, 5.74) is 4.29. The van der Waals surface area contributed by atoms with E-state index >= 15 is 0 Å². The van der Waals surface area contributed by atoms with Gasteiger partial charge in [0.2, 0.25) is 0 Å². The summed E-state index contributed by atoms with van der Waals surface area (Å²) in [5.74, 6) is 2.63. The minimum absolute atomic E-state index is 0.645. The smallest absolute Gasteiger partial charge is 0.0136 e. The fraction of sp³-hybridized carbons (Fsp3) is 0.700. The van der Waals surface area contributed by atoms with Crippen LogP contribution in [-0.4, -0.2) is 12.6 Å². The van der Waals surface area contributed by atoms with Gasteiger partial charge in [-0.25, -0.2) is 0 Å². The molecule has 21 heavy (non-hydrogen) atoms. The van der Waals surface area contributed by atoms with Crippen LogP contribution in [0.25, 0.3) is 0 Å². The van der Waals surface area contributed by atoms with Crippen LogP contribution in [0.4, 0.5) is 0 Å². The number of hydrogen-bond acceptors (Lipinski definition) is 1. The highest BCUT2D eigenvalue weighted by atomic mass is 14.9. The van der Waals surface area contributed by atoms with Crippen LogP contribution < -0.4 is 5.32 Å². The lowest BCUT2D eigenvalue weighted by atomic mass is 9.72. The topological polar surface area (TPSA) is 12.0 Å². The lowest BCUT2D eigenvalue weighted by Gasteiger charge is -2.37. The normalized spacial score (nSPS) is 27.6. The summed E-state index contributed by atoms with van der Waals surface area (Å²) in [6.07, 6.45) is 5.38. The summed E-state index contributed by atoms with van der Waals surface area (Å²) in [5, 5.41) is 3.78. The predicted molar refractivity (Wildman–Crippen MR) is 92.8 cm³/mol. The number of nitrogens with one attached hydrogen (secondary N) is 1.